The van der Waals surface area contributed by atoms with Gasteiger partial charge in [0, 0.05) is 19.6 Å². The maximum absolute atomic E-state index is 12.2. The topological polar surface area (TPSA) is 110 Å². The van der Waals surface area contributed by atoms with Crippen LogP contribution < -0.4 is 5.32 Å². The first-order valence-electron chi connectivity index (χ1n) is 6.93. The molecule has 22 heavy (non-hydrogen) atoms. The van der Waals surface area contributed by atoms with Crippen LogP contribution in [0.2, 0.25) is 0 Å². The number of carbonyl (C=O) groups excluding carboxylic acids is 3. The van der Waals surface area contributed by atoms with Gasteiger partial charge in [-0.2, -0.15) is 0 Å². The molecule has 0 aromatic carbocycles. The highest BCUT2D eigenvalue weighted by atomic mass is 32.2. The van der Waals surface area contributed by atoms with Crippen molar-refractivity contribution in [1.29, 1.82) is 0 Å². The van der Waals surface area contributed by atoms with Crippen LogP contribution in [0.4, 0.5) is 0 Å². The third-order valence-corrected chi connectivity index (χ3v) is 3.64. The Morgan fingerprint density at radius 2 is 1.77 bits per heavy atom. The number of carbonyl (C=O) groups is 4. The first kappa shape index (κ1) is 20.4. The molecule has 0 aliphatic rings. The van der Waals surface area contributed by atoms with Gasteiger partial charge in [0.2, 0.25) is 5.91 Å². The number of hydrogen-bond acceptors (Lipinski definition) is 6. The van der Waals surface area contributed by atoms with Crippen molar-refractivity contribution in [2.24, 2.45) is 11.8 Å². The second kappa shape index (κ2) is 10.2. The van der Waals surface area contributed by atoms with Crippen LogP contribution in [0.25, 0.3) is 0 Å². The lowest BCUT2D eigenvalue weighted by molar-refractivity contribution is -0.146. The fourth-order valence-corrected chi connectivity index (χ4v) is 2.30. The zero-order chi connectivity index (χ0) is 17.3. The Hall–Kier alpha value is -1.57. The lowest BCUT2D eigenvalue weighted by atomic mass is 10.0. The average Bonchev–Trinajstić information content (AvgIpc) is 2.36. The highest BCUT2D eigenvalue weighted by molar-refractivity contribution is 8.13. The average molecular weight is 333 g/mol. The van der Waals surface area contributed by atoms with Crippen LogP contribution in [0, 0.1) is 11.8 Å². The van der Waals surface area contributed by atoms with Crippen molar-refractivity contribution < 1.29 is 29.0 Å². The summed E-state index contributed by atoms with van der Waals surface area (Å²) in [4.78, 5) is 45.2. The molecule has 2 N–H and O–H groups in total. The van der Waals surface area contributed by atoms with Crippen molar-refractivity contribution >= 4 is 34.7 Å². The molecule has 0 aliphatic carbocycles. The van der Waals surface area contributed by atoms with E-state index in [1.807, 2.05) is 13.8 Å². The van der Waals surface area contributed by atoms with E-state index in [0.29, 0.717) is 6.42 Å². The number of aliphatic carboxylic acids is 1. The predicted molar refractivity (Wildman–Crippen MR) is 82.3 cm³/mol. The van der Waals surface area contributed by atoms with Crippen molar-refractivity contribution in [1.82, 2.24) is 5.32 Å². The molecule has 0 aromatic heterocycles. The standard InChI is InChI=1S/C14H23NO6S/c1-8(2)5-12(14(19)20)15-13(18)11(6-21-9(3)16)7-22-10(4)17/h8,11-12H,5-7H2,1-4H3,(H,15,18)(H,19,20)/t11?,12-/m0/s1. The molecule has 0 rings (SSSR count). The molecular weight excluding hydrogens is 310 g/mol. The van der Waals surface area contributed by atoms with Crippen LogP contribution in [-0.2, 0) is 23.9 Å². The minimum Gasteiger partial charge on any atom is -0.480 e. The molecule has 7 nitrogen and oxygen atoms in total. The molecule has 0 fully saturated rings. The SMILES string of the molecule is CC(=O)OCC(CSC(C)=O)C(=O)N[C@@H](CC(C)C)C(=O)O. The number of esters is 1. The smallest absolute Gasteiger partial charge is 0.326 e. The van der Waals surface area contributed by atoms with E-state index in [4.69, 9.17) is 9.84 Å². The van der Waals surface area contributed by atoms with Gasteiger partial charge in [0.15, 0.2) is 5.12 Å². The van der Waals surface area contributed by atoms with E-state index in [1.54, 1.807) is 0 Å². The Labute approximate surface area is 134 Å². The number of nitrogens with one attached hydrogen (secondary N) is 1. The number of rotatable bonds is 9. The number of thioether (sulfide) groups is 1. The van der Waals surface area contributed by atoms with Crippen LogP contribution >= 0.6 is 11.8 Å². The summed E-state index contributed by atoms with van der Waals surface area (Å²) in [5.41, 5.74) is 0. The van der Waals surface area contributed by atoms with Gasteiger partial charge in [0.05, 0.1) is 5.92 Å². The van der Waals surface area contributed by atoms with Crippen LogP contribution in [0.5, 0.6) is 0 Å². The van der Waals surface area contributed by atoms with Crippen LogP contribution in [-0.4, -0.2) is 46.5 Å². The quantitative estimate of drug-likeness (QED) is 0.607. The maximum atomic E-state index is 12.2. The van der Waals surface area contributed by atoms with Crippen molar-refractivity contribution in [2.75, 3.05) is 12.4 Å². The van der Waals surface area contributed by atoms with E-state index in [2.05, 4.69) is 5.32 Å². The Morgan fingerprint density at radius 3 is 2.18 bits per heavy atom. The highest BCUT2D eigenvalue weighted by Gasteiger charge is 2.27. The van der Waals surface area contributed by atoms with E-state index in [1.165, 1.54) is 13.8 Å². The lowest BCUT2D eigenvalue weighted by Gasteiger charge is -2.20. The summed E-state index contributed by atoms with van der Waals surface area (Å²) in [6.07, 6.45) is 0.293. The predicted octanol–water partition coefficient (Wildman–Crippen LogP) is 1.06. The molecule has 0 heterocycles. The van der Waals surface area contributed by atoms with Crippen molar-refractivity contribution in [3.05, 3.63) is 0 Å². The molecule has 0 saturated heterocycles. The molecule has 126 valence electrons. The molecule has 0 saturated carbocycles. The third-order valence-electron chi connectivity index (χ3n) is 2.67. The molecule has 0 radical (unpaired) electrons. The van der Waals surface area contributed by atoms with E-state index < -0.39 is 29.8 Å². The largest absolute Gasteiger partial charge is 0.480 e. The molecule has 1 amide bonds. The van der Waals surface area contributed by atoms with Gasteiger partial charge >= 0.3 is 11.9 Å². The summed E-state index contributed by atoms with van der Waals surface area (Å²) in [5, 5.41) is 11.4. The Kier molecular flexibility index (Phi) is 9.48. The number of ether oxygens (including phenoxy) is 1. The maximum Gasteiger partial charge on any atom is 0.326 e. The molecular formula is C14H23NO6S. The number of carboxylic acids is 1. The fraction of sp³-hybridized carbons (Fsp3) is 0.714. The summed E-state index contributed by atoms with van der Waals surface area (Å²) >= 11 is 0.930. The molecule has 0 spiro atoms. The zero-order valence-electron chi connectivity index (χ0n) is 13.3. The lowest BCUT2D eigenvalue weighted by Crippen LogP contribution is -2.46. The molecule has 1 unspecified atom stereocenters. The van der Waals surface area contributed by atoms with E-state index in [0.717, 1.165) is 11.8 Å². The van der Waals surface area contributed by atoms with Crippen molar-refractivity contribution in [3.63, 3.8) is 0 Å². The minimum absolute atomic E-state index is 0.0971. The van der Waals surface area contributed by atoms with E-state index >= 15 is 0 Å². The molecule has 8 heteroatoms. The minimum atomic E-state index is -1.12. The fourth-order valence-electron chi connectivity index (χ4n) is 1.62. The monoisotopic (exact) mass is 333 g/mol. The first-order chi connectivity index (χ1) is 10.1. The molecule has 0 aromatic rings. The highest BCUT2D eigenvalue weighted by Crippen LogP contribution is 2.12. The molecule has 0 bridgehead atoms. The Morgan fingerprint density at radius 1 is 1.18 bits per heavy atom. The van der Waals surface area contributed by atoms with Gasteiger partial charge in [0.1, 0.15) is 12.6 Å². The number of amides is 1. The summed E-state index contributed by atoms with van der Waals surface area (Å²) in [7, 11) is 0. The van der Waals surface area contributed by atoms with Gasteiger partial charge in [-0.05, 0) is 12.3 Å². The number of hydrogen-bond donors (Lipinski definition) is 2. The third kappa shape index (κ3) is 9.38. The van der Waals surface area contributed by atoms with E-state index in [-0.39, 0.29) is 23.4 Å². The van der Waals surface area contributed by atoms with E-state index in [9.17, 15) is 19.2 Å². The van der Waals surface area contributed by atoms with Gasteiger partial charge in [-0.1, -0.05) is 25.6 Å². The first-order valence-corrected chi connectivity index (χ1v) is 7.92. The van der Waals surface area contributed by atoms with Crippen LogP contribution in [0.15, 0.2) is 0 Å². The molecule has 2 atom stereocenters. The van der Waals surface area contributed by atoms with Gasteiger partial charge < -0.3 is 15.2 Å². The second-order valence-corrected chi connectivity index (χ2v) is 6.53. The second-order valence-electron chi connectivity index (χ2n) is 5.33. The van der Waals surface area contributed by atoms with Crippen LogP contribution in [0.3, 0.4) is 0 Å². The van der Waals surface area contributed by atoms with Crippen LogP contribution in [0.1, 0.15) is 34.1 Å². The summed E-state index contributed by atoms with van der Waals surface area (Å²) in [6, 6.07) is -1.00. The van der Waals surface area contributed by atoms with Gasteiger partial charge in [0.25, 0.3) is 0 Å². The summed E-state index contributed by atoms with van der Waals surface area (Å²) in [6.45, 7) is 6.10. The summed E-state index contributed by atoms with van der Waals surface area (Å²) in [5.74, 6) is -2.74. The van der Waals surface area contributed by atoms with Gasteiger partial charge in [-0.15, -0.1) is 0 Å². The van der Waals surface area contributed by atoms with Gasteiger partial charge in [-0.25, -0.2) is 4.79 Å². The number of carboxylic acid groups (broad SMARTS) is 1. The van der Waals surface area contributed by atoms with Crippen molar-refractivity contribution in [2.45, 2.75) is 40.2 Å². The Balaban J connectivity index is 4.78. The van der Waals surface area contributed by atoms with Crippen molar-refractivity contribution in [3.8, 4) is 0 Å². The zero-order valence-corrected chi connectivity index (χ0v) is 14.1. The Bertz CT molecular complexity index is 406. The van der Waals surface area contributed by atoms with Gasteiger partial charge in [-0.3, -0.25) is 14.4 Å². The normalized spacial score (nSPS) is 13.3. The summed E-state index contributed by atoms with van der Waals surface area (Å²) < 4.78 is 4.81. The molecule has 0 aliphatic heterocycles.